The number of carbonyl (C=O) groups excluding carboxylic acids is 1. The van der Waals surface area contributed by atoms with Gasteiger partial charge in [-0.15, -0.1) is 0 Å². The van der Waals surface area contributed by atoms with Gasteiger partial charge in [-0.2, -0.15) is 0 Å². The Balaban J connectivity index is 2.14. The van der Waals surface area contributed by atoms with Gasteiger partial charge in [0.1, 0.15) is 5.15 Å². The number of nitrogens with zero attached hydrogens (tertiary/aromatic N) is 2. The molecular formula is C11H13ClN2O3S. The van der Waals surface area contributed by atoms with Crippen LogP contribution in [0.15, 0.2) is 18.3 Å². The van der Waals surface area contributed by atoms with E-state index in [4.69, 9.17) is 11.6 Å². The molecule has 0 spiro atoms. The first kappa shape index (κ1) is 13.3. The van der Waals surface area contributed by atoms with Gasteiger partial charge in [0, 0.05) is 24.8 Å². The number of rotatable bonds is 1. The van der Waals surface area contributed by atoms with Gasteiger partial charge in [-0.1, -0.05) is 11.6 Å². The van der Waals surface area contributed by atoms with Crippen LogP contribution in [0, 0.1) is 0 Å². The minimum atomic E-state index is -3.01. The smallest absolute Gasteiger partial charge is 0.254 e. The first-order valence-corrected chi connectivity index (χ1v) is 7.79. The fourth-order valence-corrected chi connectivity index (χ4v) is 3.31. The third-order valence-corrected chi connectivity index (χ3v) is 4.74. The molecule has 2 heterocycles. The molecule has 0 unspecified atom stereocenters. The van der Waals surface area contributed by atoms with Crippen molar-refractivity contribution in [3.05, 3.63) is 29.0 Å². The average Bonchev–Trinajstić information content (AvgIpc) is 2.49. The van der Waals surface area contributed by atoms with E-state index in [-0.39, 0.29) is 29.1 Å². The third-order valence-electron chi connectivity index (χ3n) is 2.82. The lowest BCUT2D eigenvalue weighted by Gasteiger charge is -2.19. The predicted molar refractivity (Wildman–Crippen MR) is 68.4 cm³/mol. The molecule has 1 fully saturated rings. The Morgan fingerprint density at radius 1 is 1.33 bits per heavy atom. The maximum atomic E-state index is 12.2. The Kier molecular flexibility index (Phi) is 3.87. The zero-order chi connectivity index (χ0) is 13.2. The van der Waals surface area contributed by atoms with Gasteiger partial charge >= 0.3 is 0 Å². The van der Waals surface area contributed by atoms with E-state index in [0.29, 0.717) is 18.5 Å². The van der Waals surface area contributed by atoms with Gasteiger partial charge in [0.15, 0.2) is 9.84 Å². The minimum absolute atomic E-state index is 0.0254. The molecule has 0 radical (unpaired) electrons. The number of aromatic nitrogens is 1. The van der Waals surface area contributed by atoms with Crippen molar-refractivity contribution in [2.75, 3.05) is 24.6 Å². The lowest BCUT2D eigenvalue weighted by Crippen LogP contribution is -2.33. The maximum Gasteiger partial charge on any atom is 0.254 e. The molecule has 1 aliphatic rings. The summed E-state index contributed by atoms with van der Waals surface area (Å²) in [6.07, 6.45) is 1.94. The van der Waals surface area contributed by atoms with Crippen molar-refractivity contribution in [3.63, 3.8) is 0 Å². The molecule has 2 rings (SSSR count). The number of pyridine rings is 1. The zero-order valence-corrected chi connectivity index (χ0v) is 11.2. The van der Waals surface area contributed by atoms with E-state index in [0.717, 1.165) is 0 Å². The van der Waals surface area contributed by atoms with Gasteiger partial charge in [0.2, 0.25) is 0 Å². The fraction of sp³-hybridized carbons (Fsp3) is 0.455. The molecule has 1 amide bonds. The molecule has 0 aliphatic carbocycles. The normalized spacial score (nSPS) is 19.3. The number of sulfone groups is 1. The van der Waals surface area contributed by atoms with Gasteiger partial charge in [-0.05, 0) is 18.6 Å². The summed E-state index contributed by atoms with van der Waals surface area (Å²) in [4.78, 5) is 17.5. The van der Waals surface area contributed by atoms with Crippen LogP contribution < -0.4 is 0 Å². The second-order valence-electron chi connectivity index (χ2n) is 4.16. The van der Waals surface area contributed by atoms with Crippen molar-refractivity contribution in [1.82, 2.24) is 9.88 Å². The number of carbonyl (C=O) groups is 1. The molecule has 5 nitrogen and oxygen atoms in total. The average molecular weight is 289 g/mol. The third kappa shape index (κ3) is 3.20. The van der Waals surface area contributed by atoms with Gasteiger partial charge in [-0.25, -0.2) is 13.4 Å². The molecule has 0 bridgehead atoms. The monoisotopic (exact) mass is 288 g/mol. The summed E-state index contributed by atoms with van der Waals surface area (Å²) in [6.45, 7) is 0.694. The summed E-state index contributed by atoms with van der Waals surface area (Å²) in [7, 11) is -3.01. The standard InChI is InChI=1S/C11H13ClN2O3S/c12-10-8-9(2-3-13-10)11(15)14-4-1-6-18(16,17)7-5-14/h2-3,8H,1,4-7H2. The molecule has 18 heavy (non-hydrogen) atoms. The highest BCUT2D eigenvalue weighted by Crippen LogP contribution is 2.12. The largest absolute Gasteiger partial charge is 0.338 e. The van der Waals surface area contributed by atoms with Crippen LogP contribution in [-0.4, -0.2) is 48.8 Å². The topological polar surface area (TPSA) is 67.3 Å². The first-order valence-electron chi connectivity index (χ1n) is 5.59. The Morgan fingerprint density at radius 2 is 2.11 bits per heavy atom. The number of halogens is 1. The minimum Gasteiger partial charge on any atom is -0.338 e. The predicted octanol–water partition coefficient (Wildman–Crippen LogP) is 0.996. The van der Waals surface area contributed by atoms with Gasteiger partial charge in [0.05, 0.1) is 11.5 Å². The first-order chi connectivity index (χ1) is 8.48. The lowest BCUT2D eigenvalue weighted by atomic mass is 10.2. The highest BCUT2D eigenvalue weighted by atomic mass is 35.5. The Hall–Kier alpha value is -1.14. The maximum absolute atomic E-state index is 12.2. The summed E-state index contributed by atoms with van der Waals surface area (Å²) in [6, 6.07) is 3.07. The van der Waals surface area contributed by atoms with Crippen LogP contribution in [0.25, 0.3) is 0 Å². The highest BCUT2D eigenvalue weighted by molar-refractivity contribution is 7.91. The van der Waals surface area contributed by atoms with E-state index in [1.54, 1.807) is 11.0 Å². The van der Waals surface area contributed by atoms with Crippen molar-refractivity contribution < 1.29 is 13.2 Å². The Labute approximate surface area is 111 Å². The van der Waals surface area contributed by atoms with Crippen LogP contribution in [0.1, 0.15) is 16.8 Å². The van der Waals surface area contributed by atoms with Crippen LogP contribution in [-0.2, 0) is 9.84 Å². The van der Waals surface area contributed by atoms with Crippen LogP contribution in [0.5, 0.6) is 0 Å². The van der Waals surface area contributed by atoms with Crippen LogP contribution in [0.3, 0.4) is 0 Å². The Morgan fingerprint density at radius 3 is 2.83 bits per heavy atom. The quantitative estimate of drug-likeness (QED) is 0.723. The van der Waals surface area contributed by atoms with Crippen molar-refractivity contribution in [2.45, 2.75) is 6.42 Å². The Bertz CT molecular complexity index is 559. The lowest BCUT2D eigenvalue weighted by molar-refractivity contribution is 0.0768. The molecule has 1 aliphatic heterocycles. The summed E-state index contributed by atoms with van der Waals surface area (Å²) in [5.74, 6) is -0.0257. The fourth-order valence-electron chi connectivity index (χ4n) is 1.86. The molecule has 1 aromatic heterocycles. The van der Waals surface area contributed by atoms with Crippen molar-refractivity contribution in [2.24, 2.45) is 0 Å². The molecule has 0 saturated carbocycles. The number of hydrogen-bond acceptors (Lipinski definition) is 4. The molecule has 98 valence electrons. The van der Waals surface area contributed by atoms with E-state index in [1.165, 1.54) is 12.3 Å². The van der Waals surface area contributed by atoms with Gasteiger partial charge in [0.25, 0.3) is 5.91 Å². The van der Waals surface area contributed by atoms with Crippen LogP contribution >= 0.6 is 11.6 Å². The van der Waals surface area contributed by atoms with E-state index in [9.17, 15) is 13.2 Å². The van der Waals surface area contributed by atoms with Crippen LogP contribution in [0.2, 0.25) is 5.15 Å². The summed E-state index contributed by atoms with van der Waals surface area (Å²) in [5.41, 5.74) is 0.439. The van der Waals surface area contributed by atoms with Gasteiger partial charge in [-0.3, -0.25) is 4.79 Å². The van der Waals surface area contributed by atoms with Crippen molar-refractivity contribution >= 4 is 27.3 Å². The molecule has 0 atom stereocenters. The number of amides is 1. The molecular weight excluding hydrogens is 276 g/mol. The summed E-state index contributed by atoms with van der Waals surface area (Å²) < 4.78 is 22.9. The SMILES string of the molecule is O=C(c1ccnc(Cl)c1)N1CCCS(=O)(=O)CC1. The number of hydrogen-bond donors (Lipinski definition) is 0. The molecule has 7 heteroatoms. The highest BCUT2D eigenvalue weighted by Gasteiger charge is 2.23. The second-order valence-corrected chi connectivity index (χ2v) is 6.86. The molecule has 1 saturated heterocycles. The van der Waals surface area contributed by atoms with E-state index < -0.39 is 9.84 Å². The molecule has 0 N–H and O–H groups in total. The van der Waals surface area contributed by atoms with Crippen molar-refractivity contribution in [3.8, 4) is 0 Å². The van der Waals surface area contributed by atoms with Crippen molar-refractivity contribution in [1.29, 1.82) is 0 Å². The summed E-state index contributed by atoms with van der Waals surface area (Å²) in [5, 5.41) is 0.253. The van der Waals surface area contributed by atoms with E-state index in [1.807, 2.05) is 0 Å². The molecule has 0 aromatic carbocycles. The molecule has 1 aromatic rings. The zero-order valence-electron chi connectivity index (χ0n) is 9.67. The van der Waals surface area contributed by atoms with Gasteiger partial charge < -0.3 is 4.90 Å². The van der Waals surface area contributed by atoms with Crippen LogP contribution in [0.4, 0.5) is 0 Å². The van der Waals surface area contributed by atoms with E-state index in [2.05, 4.69) is 4.98 Å². The summed E-state index contributed by atoms with van der Waals surface area (Å²) >= 11 is 5.73. The van der Waals surface area contributed by atoms with E-state index >= 15 is 0 Å². The second kappa shape index (κ2) is 5.24.